The van der Waals surface area contributed by atoms with E-state index in [9.17, 15) is 4.79 Å². The van der Waals surface area contributed by atoms with Crippen LogP contribution in [-0.4, -0.2) is 17.9 Å². The third-order valence-electron chi connectivity index (χ3n) is 3.64. The van der Waals surface area contributed by atoms with Crippen LogP contribution < -0.4 is 10.1 Å². The van der Waals surface area contributed by atoms with Crippen LogP contribution in [0.15, 0.2) is 18.2 Å². The van der Waals surface area contributed by atoms with E-state index in [-0.39, 0.29) is 23.3 Å². The van der Waals surface area contributed by atoms with Crippen molar-refractivity contribution in [3.8, 4) is 5.75 Å². The molecular formula is C14H16ClNO2. The molecule has 0 aromatic heterocycles. The molecule has 18 heavy (non-hydrogen) atoms. The van der Waals surface area contributed by atoms with Gasteiger partial charge in [-0.1, -0.05) is 25.4 Å². The largest absolute Gasteiger partial charge is 0.478 e. The molecule has 0 saturated heterocycles. The predicted octanol–water partition coefficient (Wildman–Crippen LogP) is 3.27. The lowest BCUT2D eigenvalue weighted by Crippen LogP contribution is -2.53. The lowest BCUT2D eigenvalue weighted by molar-refractivity contribution is -0.132. The monoisotopic (exact) mass is 265 g/mol. The van der Waals surface area contributed by atoms with E-state index in [0.717, 1.165) is 12.1 Å². The second-order valence-electron chi connectivity index (χ2n) is 5.94. The number of ether oxygens (including phenoxy) is 1. The number of benzene rings is 1. The number of anilines is 1. The van der Waals surface area contributed by atoms with Crippen molar-refractivity contribution in [2.75, 3.05) is 5.32 Å². The topological polar surface area (TPSA) is 38.3 Å². The molecule has 0 bridgehead atoms. The van der Waals surface area contributed by atoms with Crippen LogP contribution in [0.3, 0.4) is 0 Å². The summed E-state index contributed by atoms with van der Waals surface area (Å²) in [6.07, 6.45) is 1.15. The Bertz CT molecular complexity index is 513. The van der Waals surface area contributed by atoms with Crippen molar-refractivity contribution in [1.82, 2.24) is 0 Å². The molecule has 0 radical (unpaired) electrons. The van der Waals surface area contributed by atoms with Crippen molar-refractivity contribution < 1.29 is 9.53 Å². The van der Waals surface area contributed by atoms with E-state index in [1.54, 1.807) is 6.07 Å². The number of Topliss-reactive ketones (excluding diaryl/α,β-unsaturated/α-hetero) is 1. The van der Waals surface area contributed by atoms with Gasteiger partial charge in [-0.25, -0.2) is 0 Å². The minimum absolute atomic E-state index is 0.0324. The van der Waals surface area contributed by atoms with Gasteiger partial charge in [0.05, 0.1) is 11.7 Å². The van der Waals surface area contributed by atoms with Gasteiger partial charge in [0, 0.05) is 11.4 Å². The number of hydrogen-bond donors (Lipinski definition) is 1. The maximum absolute atomic E-state index is 12.1. The van der Waals surface area contributed by atoms with Crippen LogP contribution in [0.25, 0.3) is 0 Å². The number of carbonyl (C=O) groups is 1. The van der Waals surface area contributed by atoms with Gasteiger partial charge in [0.1, 0.15) is 5.75 Å². The fraction of sp³-hybridized carbons (Fsp3) is 0.500. The minimum atomic E-state index is -0.355. The zero-order valence-electron chi connectivity index (χ0n) is 10.5. The Labute approximate surface area is 111 Å². The molecule has 1 fully saturated rings. The van der Waals surface area contributed by atoms with Crippen LogP contribution >= 0.6 is 11.6 Å². The summed E-state index contributed by atoms with van der Waals surface area (Å²) >= 11 is 5.97. The summed E-state index contributed by atoms with van der Waals surface area (Å²) in [7, 11) is 0. The normalized spacial score (nSPS) is 28.7. The maximum atomic E-state index is 12.1. The first-order chi connectivity index (χ1) is 8.44. The molecule has 0 amide bonds. The zero-order valence-corrected chi connectivity index (χ0v) is 11.3. The van der Waals surface area contributed by atoms with E-state index < -0.39 is 0 Å². The van der Waals surface area contributed by atoms with Crippen molar-refractivity contribution >= 4 is 23.1 Å². The van der Waals surface area contributed by atoms with Gasteiger partial charge >= 0.3 is 0 Å². The van der Waals surface area contributed by atoms with E-state index in [1.807, 2.05) is 12.1 Å². The molecule has 3 rings (SSSR count). The molecule has 1 aliphatic heterocycles. The van der Waals surface area contributed by atoms with Crippen molar-refractivity contribution in [2.24, 2.45) is 5.41 Å². The number of carbonyl (C=O) groups excluding carboxylic acids is 1. The molecule has 1 heterocycles. The molecule has 0 spiro atoms. The highest BCUT2D eigenvalue weighted by atomic mass is 35.5. The Morgan fingerprint density at radius 2 is 2.22 bits per heavy atom. The fourth-order valence-corrected chi connectivity index (χ4v) is 3.07. The summed E-state index contributed by atoms with van der Waals surface area (Å²) < 4.78 is 5.83. The van der Waals surface area contributed by atoms with Gasteiger partial charge < -0.3 is 10.1 Å². The van der Waals surface area contributed by atoms with Gasteiger partial charge in [0.25, 0.3) is 0 Å². The molecule has 4 heteroatoms. The van der Waals surface area contributed by atoms with Crippen LogP contribution in [0, 0.1) is 5.41 Å². The molecule has 2 atom stereocenters. The first-order valence-electron chi connectivity index (χ1n) is 6.20. The minimum Gasteiger partial charge on any atom is -0.478 e. The smallest absolute Gasteiger partial charge is 0.177 e. The molecule has 96 valence electrons. The van der Waals surface area contributed by atoms with Crippen LogP contribution in [0.2, 0.25) is 5.02 Å². The van der Waals surface area contributed by atoms with E-state index >= 15 is 0 Å². The maximum Gasteiger partial charge on any atom is 0.177 e. The number of halogens is 1. The fourth-order valence-electron chi connectivity index (χ4n) is 2.90. The summed E-state index contributed by atoms with van der Waals surface area (Å²) in [4.78, 5) is 12.1. The average Bonchev–Trinajstić information content (AvgIpc) is 2.25. The quantitative estimate of drug-likeness (QED) is 0.782. The van der Waals surface area contributed by atoms with Gasteiger partial charge in [-0.05, 0) is 30.0 Å². The summed E-state index contributed by atoms with van der Waals surface area (Å²) in [5.74, 6) is 0.901. The number of ketones is 1. The van der Waals surface area contributed by atoms with Crippen LogP contribution in [0.1, 0.15) is 26.7 Å². The van der Waals surface area contributed by atoms with Gasteiger partial charge in [-0.2, -0.15) is 0 Å². The zero-order chi connectivity index (χ0) is 12.9. The predicted molar refractivity (Wildman–Crippen MR) is 71.3 cm³/mol. The summed E-state index contributed by atoms with van der Waals surface area (Å²) in [6.45, 7) is 4.24. The lowest BCUT2D eigenvalue weighted by atomic mass is 9.72. The molecule has 1 aliphatic carbocycles. The number of rotatable bonds is 0. The third kappa shape index (κ3) is 1.97. The molecule has 1 aromatic carbocycles. The second kappa shape index (κ2) is 3.89. The number of hydrogen-bond acceptors (Lipinski definition) is 3. The Morgan fingerprint density at radius 3 is 3.00 bits per heavy atom. The van der Waals surface area contributed by atoms with Crippen LogP contribution in [0.4, 0.5) is 5.69 Å². The first kappa shape index (κ1) is 11.8. The van der Waals surface area contributed by atoms with Gasteiger partial charge in [0.2, 0.25) is 0 Å². The lowest BCUT2D eigenvalue weighted by Gasteiger charge is -2.43. The Kier molecular flexibility index (Phi) is 2.56. The SMILES string of the molecule is CC1(C)CC(=O)C2Oc3ccc(Cl)cc3NC2C1. The van der Waals surface area contributed by atoms with Crippen LogP contribution in [-0.2, 0) is 4.79 Å². The molecule has 1 aromatic rings. The number of fused-ring (bicyclic) bond motifs is 2. The highest BCUT2D eigenvalue weighted by molar-refractivity contribution is 6.30. The van der Waals surface area contributed by atoms with E-state index in [0.29, 0.717) is 17.2 Å². The summed E-state index contributed by atoms with van der Waals surface area (Å²) in [5.41, 5.74) is 0.916. The molecule has 1 N–H and O–H groups in total. The Hall–Kier alpha value is -1.22. The summed E-state index contributed by atoms with van der Waals surface area (Å²) in [5, 5.41) is 4.07. The second-order valence-corrected chi connectivity index (χ2v) is 6.38. The molecule has 1 saturated carbocycles. The number of nitrogens with one attached hydrogen (secondary N) is 1. The van der Waals surface area contributed by atoms with Gasteiger partial charge in [0.15, 0.2) is 11.9 Å². The van der Waals surface area contributed by atoms with Crippen molar-refractivity contribution in [2.45, 2.75) is 38.8 Å². The van der Waals surface area contributed by atoms with Crippen molar-refractivity contribution in [1.29, 1.82) is 0 Å². The third-order valence-corrected chi connectivity index (χ3v) is 3.88. The molecule has 2 aliphatic rings. The van der Waals surface area contributed by atoms with Gasteiger partial charge in [-0.3, -0.25) is 4.79 Å². The molecule has 2 unspecified atom stereocenters. The first-order valence-corrected chi connectivity index (χ1v) is 6.58. The summed E-state index contributed by atoms with van der Waals surface area (Å²) in [6, 6.07) is 5.49. The van der Waals surface area contributed by atoms with Gasteiger partial charge in [-0.15, -0.1) is 0 Å². The van der Waals surface area contributed by atoms with Crippen molar-refractivity contribution in [3.63, 3.8) is 0 Å². The van der Waals surface area contributed by atoms with E-state index in [4.69, 9.17) is 16.3 Å². The van der Waals surface area contributed by atoms with E-state index in [2.05, 4.69) is 19.2 Å². The average molecular weight is 266 g/mol. The highest BCUT2D eigenvalue weighted by Gasteiger charge is 2.44. The highest BCUT2D eigenvalue weighted by Crippen LogP contribution is 2.41. The van der Waals surface area contributed by atoms with Crippen LogP contribution in [0.5, 0.6) is 5.75 Å². The standard InChI is InChI=1S/C14H16ClNO2/c1-14(2)6-10-13(11(17)7-14)18-12-4-3-8(15)5-9(12)16-10/h3-5,10,13,16H,6-7H2,1-2H3. The van der Waals surface area contributed by atoms with E-state index in [1.165, 1.54) is 0 Å². The Balaban J connectivity index is 1.94. The Morgan fingerprint density at radius 1 is 1.44 bits per heavy atom. The van der Waals surface area contributed by atoms with Crippen molar-refractivity contribution in [3.05, 3.63) is 23.2 Å². The molecule has 3 nitrogen and oxygen atoms in total. The molecular weight excluding hydrogens is 250 g/mol.